The third kappa shape index (κ3) is 7.20. The molecule has 0 aromatic heterocycles. The Hall–Kier alpha value is -3.23. The van der Waals surface area contributed by atoms with Crippen LogP contribution in [0.1, 0.15) is 28.4 Å². The van der Waals surface area contributed by atoms with Crippen molar-refractivity contribution in [2.75, 3.05) is 26.3 Å². The monoisotopic (exact) mass is 425 g/mol. The first-order valence-corrected chi connectivity index (χ1v) is 10.2. The molecule has 0 bridgehead atoms. The largest absolute Gasteiger partial charge is 0.449 e. The van der Waals surface area contributed by atoms with Crippen LogP contribution < -0.4 is 10.6 Å². The summed E-state index contributed by atoms with van der Waals surface area (Å²) in [6, 6.07) is 15.8. The lowest BCUT2D eigenvalue weighted by atomic mass is 10.1. The molecule has 1 aliphatic heterocycles. The molecule has 0 radical (unpaired) electrons. The van der Waals surface area contributed by atoms with Crippen molar-refractivity contribution >= 4 is 17.9 Å². The van der Waals surface area contributed by atoms with Crippen LogP contribution >= 0.6 is 0 Å². The average molecular weight is 425 g/mol. The number of imide groups is 1. The molecule has 3 rings (SSSR count). The number of ether oxygens (including phenoxy) is 2. The highest BCUT2D eigenvalue weighted by Crippen LogP contribution is 2.11. The maximum Gasteiger partial charge on any atom is 0.338 e. The van der Waals surface area contributed by atoms with Crippen molar-refractivity contribution in [3.05, 3.63) is 71.3 Å². The Bertz CT molecular complexity index is 880. The van der Waals surface area contributed by atoms with E-state index in [1.165, 1.54) is 6.92 Å². The van der Waals surface area contributed by atoms with Crippen LogP contribution in [0.3, 0.4) is 0 Å². The van der Waals surface area contributed by atoms with Crippen LogP contribution in [0.25, 0.3) is 0 Å². The van der Waals surface area contributed by atoms with Crippen LogP contribution in [0.15, 0.2) is 54.6 Å². The second-order valence-corrected chi connectivity index (χ2v) is 7.29. The van der Waals surface area contributed by atoms with Gasteiger partial charge in [-0.2, -0.15) is 0 Å². The van der Waals surface area contributed by atoms with Gasteiger partial charge in [0, 0.05) is 26.2 Å². The molecule has 1 aliphatic rings. The van der Waals surface area contributed by atoms with Crippen molar-refractivity contribution in [1.82, 2.24) is 15.5 Å². The second kappa shape index (κ2) is 11.2. The van der Waals surface area contributed by atoms with Crippen molar-refractivity contribution in [3.63, 3.8) is 0 Å². The van der Waals surface area contributed by atoms with Gasteiger partial charge in [-0.3, -0.25) is 15.0 Å². The van der Waals surface area contributed by atoms with E-state index in [9.17, 15) is 14.4 Å². The van der Waals surface area contributed by atoms with Crippen molar-refractivity contribution in [2.45, 2.75) is 26.1 Å². The number of urea groups is 1. The Morgan fingerprint density at radius 2 is 1.68 bits per heavy atom. The zero-order valence-electron chi connectivity index (χ0n) is 17.5. The van der Waals surface area contributed by atoms with Crippen LogP contribution in [-0.2, 0) is 27.4 Å². The molecular formula is C23H27N3O5. The SMILES string of the molecule is C[C@@H](OC(=O)c1ccc(CN2CCOCC2)cc1)C(=O)NC(=O)NCc1ccccc1. The topological polar surface area (TPSA) is 97.0 Å². The maximum absolute atomic E-state index is 12.3. The third-order valence-corrected chi connectivity index (χ3v) is 4.89. The summed E-state index contributed by atoms with van der Waals surface area (Å²) in [7, 11) is 0. The highest BCUT2D eigenvalue weighted by atomic mass is 16.5. The van der Waals surface area contributed by atoms with Gasteiger partial charge in [0.15, 0.2) is 6.10 Å². The molecule has 3 amide bonds. The molecule has 8 nitrogen and oxygen atoms in total. The van der Waals surface area contributed by atoms with E-state index < -0.39 is 24.0 Å². The molecule has 1 saturated heterocycles. The fourth-order valence-electron chi connectivity index (χ4n) is 3.08. The number of nitrogens with one attached hydrogen (secondary N) is 2. The van der Waals surface area contributed by atoms with Crippen molar-refractivity contribution < 1.29 is 23.9 Å². The Morgan fingerprint density at radius 1 is 1.00 bits per heavy atom. The summed E-state index contributed by atoms with van der Waals surface area (Å²) in [6.07, 6.45) is -1.11. The zero-order valence-corrected chi connectivity index (χ0v) is 17.5. The Kier molecular flexibility index (Phi) is 8.14. The molecule has 31 heavy (non-hydrogen) atoms. The molecule has 8 heteroatoms. The van der Waals surface area contributed by atoms with Gasteiger partial charge in [0.25, 0.3) is 5.91 Å². The number of esters is 1. The summed E-state index contributed by atoms with van der Waals surface area (Å²) in [5.41, 5.74) is 2.33. The van der Waals surface area contributed by atoms with E-state index in [4.69, 9.17) is 9.47 Å². The molecule has 2 N–H and O–H groups in total. The van der Waals surface area contributed by atoms with Crippen LogP contribution in [0.2, 0.25) is 0 Å². The lowest BCUT2D eigenvalue weighted by Crippen LogP contribution is -2.44. The molecule has 1 atom stereocenters. The lowest BCUT2D eigenvalue weighted by molar-refractivity contribution is -0.127. The smallest absolute Gasteiger partial charge is 0.338 e. The molecule has 0 unspecified atom stereocenters. The highest BCUT2D eigenvalue weighted by molar-refractivity contribution is 5.98. The minimum atomic E-state index is -1.11. The van der Waals surface area contributed by atoms with Gasteiger partial charge in [-0.1, -0.05) is 42.5 Å². The van der Waals surface area contributed by atoms with Crippen molar-refractivity contribution in [3.8, 4) is 0 Å². The van der Waals surface area contributed by atoms with Gasteiger partial charge in [0.05, 0.1) is 18.8 Å². The quantitative estimate of drug-likeness (QED) is 0.660. The number of benzene rings is 2. The van der Waals surface area contributed by atoms with Gasteiger partial charge in [-0.15, -0.1) is 0 Å². The van der Waals surface area contributed by atoms with Gasteiger partial charge in [0.1, 0.15) is 0 Å². The van der Waals surface area contributed by atoms with E-state index in [-0.39, 0.29) is 6.54 Å². The number of carbonyl (C=O) groups is 3. The summed E-state index contributed by atoms with van der Waals surface area (Å²) >= 11 is 0. The molecule has 0 spiro atoms. The number of hydrogen-bond donors (Lipinski definition) is 2. The Balaban J connectivity index is 1.43. The predicted molar refractivity (Wildman–Crippen MR) is 114 cm³/mol. The van der Waals surface area contributed by atoms with Crippen LogP contribution in [-0.4, -0.2) is 55.2 Å². The number of hydrogen-bond acceptors (Lipinski definition) is 6. The van der Waals surface area contributed by atoms with Gasteiger partial charge in [0.2, 0.25) is 0 Å². The summed E-state index contributed by atoms with van der Waals surface area (Å²) in [6.45, 7) is 5.72. The summed E-state index contributed by atoms with van der Waals surface area (Å²) in [5, 5.41) is 4.77. The number of rotatable bonds is 7. The van der Waals surface area contributed by atoms with Crippen molar-refractivity contribution in [1.29, 1.82) is 0 Å². The van der Waals surface area contributed by atoms with Gasteiger partial charge < -0.3 is 14.8 Å². The molecule has 164 valence electrons. The van der Waals surface area contributed by atoms with E-state index in [0.29, 0.717) is 5.56 Å². The highest BCUT2D eigenvalue weighted by Gasteiger charge is 2.21. The maximum atomic E-state index is 12.3. The number of amides is 3. The fourth-order valence-corrected chi connectivity index (χ4v) is 3.08. The second-order valence-electron chi connectivity index (χ2n) is 7.29. The molecule has 1 heterocycles. The van der Waals surface area contributed by atoms with Crippen LogP contribution in [0.5, 0.6) is 0 Å². The van der Waals surface area contributed by atoms with E-state index >= 15 is 0 Å². The first-order chi connectivity index (χ1) is 15.0. The predicted octanol–water partition coefficient (Wildman–Crippen LogP) is 2.09. The summed E-state index contributed by atoms with van der Waals surface area (Å²) in [4.78, 5) is 38.6. The summed E-state index contributed by atoms with van der Waals surface area (Å²) < 4.78 is 10.5. The summed E-state index contributed by atoms with van der Waals surface area (Å²) in [5.74, 6) is -1.31. The normalized spacial score (nSPS) is 15.0. The minimum absolute atomic E-state index is 0.283. The standard InChI is InChI=1S/C23H27N3O5/c1-17(21(27)25-23(29)24-15-18-5-3-2-4-6-18)31-22(28)20-9-7-19(8-10-20)16-26-11-13-30-14-12-26/h2-10,17H,11-16H2,1H3,(H2,24,25,27,29)/t17-/m1/s1. The molecule has 2 aromatic carbocycles. The fraction of sp³-hybridized carbons (Fsp3) is 0.348. The van der Waals surface area contributed by atoms with Crippen LogP contribution in [0.4, 0.5) is 4.79 Å². The van der Waals surface area contributed by atoms with Crippen LogP contribution in [0, 0.1) is 0 Å². The Morgan fingerprint density at radius 3 is 2.35 bits per heavy atom. The molecule has 1 fully saturated rings. The van der Waals surface area contributed by atoms with E-state index in [1.807, 2.05) is 42.5 Å². The number of carbonyl (C=O) groups excluding carboxylic acids is 3. The first-order valence-electron chi connectivity index (χ1n) is 10.2. The zero-order chi connectivity index (χ0) is 22.1. The lowest BCUT2D eigenvalue weighted by Gasteiger charge is -2.26. The van der Waals surface area contributed by atoms with Gasteiger partial charge in [-0.05, 0) is 30.2 Å². The third-order valence-electron chi connectivity index (χ3n) is 4.89. The molecule has 2 aromatic rings. The number of nitrogens with zero attached hydrogens (tertiary/aromatic N) is 1. The number of morpholine rings is 1. The minimum Gasteiger partial charge on any atom is -0.449 e. The molecule has 0 saturated carbocycles. The first kappa shape index (κ1) is 22.5. The Labute approximate surface area is 181 Å². The van der Waals surface area contributed by atoms with E-state index in [1.54, 1.807) is 12.1 Å². The average Bonchev–Trinajstić information content (AvgIpc) is 2.79. The van der Waals surface area contributed by atoms with Gasteiger partial charge >= 0.3 is 12.0 Å². The van der Waals surface area contributed by atoms with Gasteiger partial charge in [-0.25, -0.2) is 9.59 Å². The molecular weight excluding hydrogens is 398 g/mol. The van der Waals surface area contributed by atoms with E-state index in [2.05, 4.69) is 15.5 Å². The molecule has 0 aliphatic carbocycles. The van der Waals surface area contributed by atoms with E-state index in [0.717, 1.165) is 44.0 Å². The van der Waals surface area contributed by atoms with Crippen molar-refractivity contribution in [2.24, 2.45) is 0 Å².